The van der Waals surface area contributed by atoms with Gasteiger partial charge in [-0.2, -0.15) is 4.98 Å². The lowest BCUT2D eigenvalue weighted by molar-refractivity contribution is 0.00809. The molecule has 0 aromatic carbocycles. The van der Waals surface area contributed by atoms with Gasteiger partial charge < -0.3 is 24.9 Å². The minimum atomic E-state index is -0.538. The lowest BCUT2D eigenvalue weighted by atomic mass is 10.0. The maximum Gasteiger partial charge on any atom is 0.410 e. The molecule has 2 amide bonds. The minimum absolute atomic E-state index is 0.0653. The average Bonchev–Trinajstić information content (AvgIpc) is 3.23. The quantitative estimate of drug-likeness (QED) is 0.255. The molecule has 12 nitrogen and oxygen atoms in total. The highest BCUT2D eigenvalue weighted by Gasteiger charge is 2.34. The van der Waals surface area contributed by atoms with E-state index >= 15 is 0 Å². The molecule has 1 aromatic heterocycles. The zero-order valence-electron chi connectivity index (χ0n) is 22.6. The van der Waals surface area contributed by atoms with E-state index in [2.05, 4.69) is 15.3 Å². The standard InChI is InChI=1S/C13H21N3O3.C11H21N3O3/c1-9-14-11(15-19-9)10-7-5-6-8-16(10)12(17)18-13(2,3)4;1-11(2,3)17-10(15)14-7-5-4-6-8(14)9(12)13-16/h10H,5-8H2,1-4H3;8,16H,4-7H2,1-3H3,(H2,12,13). The second-order valence-corrected chi connectivity index (χ2v) is 11.1. The van der Waals surface area contributed by atoms with Crippen LogP contribution in [-0.2, 0) is 9.47 Å². The fourth-order valence-corrected chi connectivity index (χ4v) is 4.03. The van der Waals surface area contributed by atoms with E-state index in [0.717, 1.165) is 32.1 Å². The van der Waals surface area contributed by atoms with Crippen LogP contribution in [0.1, 0.15) is 97.8 Å². The zero-order valence-corrected chi connectivity index (χ0v) is 22.6. The van der Waals surface area contributed by atoms with Gasteiger partial charge >= 0.3 is 12.2 Å². The molecule has 1 aromatic rings. The topological polar surface area (TPSA) is 157 Å². The first-order chi connectivity index (χ1) is 16.7. The molecule has 2 atom stereocenters. The fraction of sp³-hybridized carbons (Fsp3) is 0.792. The Hall–Kier alpha value is -3.05. The van der Waals surface area contributed by atoms with Gasteiger partial charge in [-0.25, -0.2) is 9.59 Å². The second kappa shape index (κ2) is 12.3. The molecule has 2 unspecified atom stereocenters. The Bertz CT molecular complexity index is 904. The van der Waals surface area contributed by atoms with E-state index in [1.54, 1.807) is 11.8 Å². The van der Waals surface area contributed by atoms with E-state index in [9.17, 15) is 9.59 Å². The van der Waals surface area contributed by atoms with Crippen molar-refractivity contribution >= 4 is 18.0 Å². The summed E-state index contributed by atoms with van der Waals surface area (Å²) in [6.45, 7) is 14.0. The first-order valence-corrected chi connectivity index (χ1v) is 12.5. The summed E-state index contributed by atoms with van der Waals surface area (Å²) in [7, 11) is 0. The Labute approximate surface area is 213 Å². The highest BCUT2D eigenvalue weighted by Crippen LogP contribution is 2.30. The molecule has 36 heavy (non-hydrogen) atoms. The number of likely N-dealkylation sites (tertiary alicyclic amines) is 2. The summed E-state index contributed by atoms with van der Waals surface area (Å²) in [5.41, 5.74) is 4.56. The van der Waals surface area contributed by atoms with Crippen LogP contribution in [0.3, 0.4) is 0 Å². The summed E-state index contributed by atoms with van der Waals surface area (Å²) in [6.07, 6.45) is 4.74. The lowest BCUT2D eigenvalue weighted by Gasteiger charge is -2.35. The van der Waals surface area contributed by atoms with Crippen LogP contribution in [-0.4, -0.2) is 73.5 Å². The van der Waals surface area contributed by atoms with E-state index < -0.39 is 17.3 Å². The number of carbonyl (C=O) groups is 2. The predicted molar refractivity (Wildman–Crippen MR) is 133 cm³/mol. The van der Waals surface area contributed by atoms with Crippen LogP contribution in [0.5, 0.6) is 0 Å². The molecule has 2 aliphatic rings. The van der Waals surface area contributed by atoms with Crippen molar-refractivity contribution in [2.24, 2.45) is 10.9 Å². The van der Waals surface area contributed by atoms with E-state index in [0.29, 0.717) is 31.2 Å². The molecule has 0 aliphatic carbocycles. The normalized spacial score (nSPS) is 21.4. The second-order valence-electron chi connectivity index (χ2n) is 11.1. The van der Waals surface area contributed by atoms with E-state index in [1.807, 2.05) is 41.5 Å². The van der Waals surface area contributed by atoms with E-state index in [1.165, 1.54) is 4.90 Å². The summed E-state index contributed by atoms with van der Waals surface area (Å²) >= 11 is 0. The summed E-state index contributed by atoms with van der Waals surface area (Å²) in [5, 5.41) is 15.6. The molecule has 0 saturated carbocycles. The smallest absolute Gasteiger partial charge is 0.410 e. The lowest BCUT2D eigenvalue weighted by Crippen LogP contribution is -2.51. The van der Waals surface area contributed by atoms with Crippen LogP contribution >= 0.6 is 0 Å². The van der Waals surface area contributed by atoms with Crippen molar-refractivity contribution in [1.82, 2.24) is 19.9 Å². The average molecular weight is 511 g/mol. The van der Waals surface area contributed by atoms with Crippen molar-refractivity contribution < 1.29 is 28.8 Å². The molecule has 0 radical (unpaired) electrons. The van der Waals surface area contributed by atoms with Crippen molar-refractivity contribution in [3.8, 4) is 0 Å². The Morgan fingerprint density at radius 1 is 0.972 bits per heavy atom. The van der Waals surface area contributed by atoms with Crippen LogP contribution in [0, 0.1) is 6.92 Å². The molecule has 0 bridgehead atoms. The predicted octanol–water partition coefficient (Wildman–Crippen LogP) is 4.36. The number of ether oxygens (including phenoxy) is 2. The van der Waals surface area contributed by atoms with Gasteiger partial charge in [0.25, 0.3) is 0 Å². The minimum Gasteiger partial charge on any atom is -0.444 e. The van der Waals surface area contributed by atoms with Crippen molar-refractivity contribution in [3.05, 3.63) is 11.7 Å². The Kier molecular flexibility index (Phi) is 9.94. The van der Waals surface area contributed by atoms with Gasteiger partial charge in [-0.05, 0) is 80.1 Å². The molecule has 3 N–H and O–H groups in total. The van der Waals surface area contributed by atoms with Crippen molar-refractivity contribution in [2.45, 2.75) is 110 Å². The van der Waals surface area contributed by atoms with Gasteiger partial charge in [0.15, 0.2) is 11.7 Å². The number of hydrogen-bond acceptors (Lipinski definition) is 9. The van der Waals surface area contributed by atoms with Crippen LogP contribution in [0.4, 0.5) is 9.59 Å². The number of nitrogens with two attached hydrogens (primary N) is 1. The summed E-state index contributed by atoms with van der Waals surface area (Å²) in [6, 6.07) is -0.496. The van der Waals surface area contributed by atoms with Crippen LogP contribution in [0.15, 0.2) is 9.68 Å². The summed E-state index contributed by atoms with van der Waals surface area (Å²) < 4.78 is 15.7. The highest BCUT2D eigenvalue weighted by molar-refractivity contribution is 5.88. The molecule has 2 saturated heterocycles. The number of aromatic nitrogens is 2. The fourth-order valence-electron chi connectivity index (χ4n) is 4.03. The molecular weight excluding hydrogens is 468 g/mol. The van der Waals surface area contributed by atoms with Gasteiger partial charge in [-0.1, -0.05) is 10.3 Å². The summed E-state index contributed by atoms with van der Waals surface area (Å²) in [5.74, 6) is 1.16. The van der Waals surface area contributed by atoms with Gasteiger partial charge in [-0.15, -0.1) is 0 Å². The maximum atomic E-state index is 12.2. The number of piperidine rings is 2. The van der Waals surface area contributed by atoms with Crippen molar-refractivity contribution in [3.63, 3.8) is 0 Å². The number of rotatable bonds is 2. The number of carbonyl (C=O) groups excluding carboxylic acids is 2. The van der Waals surface area contributed by atoms with Gasteiger partial charge in [0.2, 0.25) is 5.89 Å². The third-order valence-electron chi connectivity index (χ3n) is 5.56. The summed E-state index contributed by atoms with van der Waals surface area (Å²) in [4.78, 5) is 31.7. The molecule has 12 heteroatoms. The Balaban J connectivity index is 0.000000255. The van der Waals surface area contributed by atoms with Crippen LogP contribution in [0.25, 0.3) is 0 Å². The number of amidine groups is 1. The number of aryl methyl sites for hydroxylation is 1. The van der Waals surface area contributed by atoms with E-state index in [4.69, 9.17) is 24.9 Å². The monoisotopic (exact) mass is 510 g/mol. The van der Waals surface area contributed by atoms with Crippen LogP contribution in [0.2, 0.25) is 0 Å². The molecule has 3 heterocycles. The van der Waals surface area contributed by atoms with Gasteiger partial charge in [0, 0.05) is 20.0 Å². The molecule has 2 aliphatic heterocycles. The van der Waals surface area contributed by atoms with Crippen molar-refractivity contribution in [2.75, 3.05) is 13.1 Å². The third kappa shape index (κ3) is 8.87. The van der Waals surface area contributed by atoms with Gasteiger partial charge in [0.05, 0.1) is 12.1 Å². The largest absolute Gasteiger partial charge is 0.444 e. The first-order valence-electron chi connectivity index (χ1n) is 12.5. The zero-order chi connectivity index (χ0) is 27.1. The molecule has 2 fully saturated rings. The number of hydrogen-bond donors (Lipinski definition) is 2. The number of oxime groups is 1. The SMILES string of the molecule is CC(C)(C)OC(=O)N1CCCCC1/C(N)=N/O.Cc1nc(C2CCCCN2C(=O)OC(C)(C)C)no1. The third-order valence-corrected chi connectivity index (χ3v) is 5.56. The highest BCUT2D eigenvalue weighted by atomic mass is 16.6. The molecular formula is C24H42N6O6. The van der Waals surface area contributed by atoms with Crippen molar-refractivity contribution in [1.29, 1.82) is 0 Å². The van der Waals surface area contributed by atoms with E-state index in [-0.39, 0.29) is 24.0 Å². The van der Waals surface area contributed by atoms with Gasteiger partial charge in [0.1, 0.15) is 11.2 Å². The first kappa shape index (κ1) is 29.2. The maximum absolute atomic E-state index is 12.2. The number of nitrogens with zero attached hydrogens (tertiary/aromatic N) is 5. The molecule has 3 rings (SSSR count). The molecule has 0 spiro atoms. The van der Waals surface area contributed by atoms with Crippen LogP contribution < -0.4 is 5.73 Å². The molecule has 204 valence electrons. The Morgan fingerprint density at radius 3 is 2.00 bits per heavy atom. The number of amides is 2. The van der Waals surface area contributed by atoms with Gasteiger partial charge in [-0.3, -0.25) is 9.80 Å². The Morgan fingerprint density at radius 2 is 1.50 bits per heavy atom.